The highest BCUT2D eigenvalue weighted by molar-refractivity contribution is 5.91. The molecule has 0 aliphatic carbocycles. The van der Waals surface area contributed by atoms with Gasteiger partial charge in [0.25, 0.3) is 0 Å². The molecular formula is C18H20O3. The highest BCUT2D eigenvalue weighted by Gasteiger charge is 2.18. The summed E-state index contributed by atoms with van der Waals surface area (Å²) in [4.78, 5) is 11.3. The van der Waals surface area contributed by atoms with Crippen LogP contribution in [0.5, 0.6) is 5.75 Å². The Morgan fingerprint density at radius 2 is 1.81 bits per heavy atom. The molecule has 1 unspecified atom stereocenters. The SMILES string of the molecule is CCC(C)c1cc(Cc2ccccc2)cc(C(=O)O)c1O. The molecule has 0 aromatic heterocycles. The number of hydrogen-bond acceptors (Lipinski definition) is 2. The maximum Gasteiger partial charge on any atom is 0.339 e. The zero-order valence-electron chi connectivity index (χ0n) is 12.3. The maximum absolute atomic E-state index is 11.3. The van der Waals surface area contributed by atoms with Gasteiger partial charge < -0.3 is 10.2 Å². The first-order chi connectivity index (χ1) is 10.0. The first-order valence-corrected chi connectivity index (χ1v) is 7.16. The smallest absolute Gasteiger partial charge is 0.339 e. The summed E-state index contributed by atoms with van der Waals surface area (Å²) in [5, 5.41) is 19.4. The maximum atomic E-state index is 11.3. The Bertz CT molecular complexity index is 632. The summed E-state index contributed by atoms with van der Waals surface area (Å²) in [6, 6.07) is 13.4. The fraction of sp³-hybridized carbons (Fsp3) is 0.278. The van der Waals surface area contributed by atoms with Gasteiger partial charge in [-0.25, -0.2) is 4.79 Å². The zero-order chi connectivity index (χ0) is 15.4. The van der Waals surface area contributed by atoms with Gasteiger partial charge >= 0.3 is 5.97 Å². The van der Waals surface area contributed by atoms with E-state index in [1.807, 2.05) is 50.2 Å². The summed E-state index contributed by atoms with van der Waals surface area (Å²) < 4.78 is 0. The van der Waals surface area contributed by atoms with Crippen molar-refractivity contribution in [3.63, 3.8) is 0 Å². The molecule has 0 saturated heterocycles. The van der Waals surface area contributed by atoms with Crippen molar-refractivity contribution in [3.05, 3.63) is 64.7 Å². The lowest BCUT2D eigenvalue weighted by atomic mass is 9.91. The molecule has 0 aliphatic rings. The number of carboxylic acids is 1. The summed E-state index contributed by atoms with van der Waals surface area (Å²) in [6.45, 7) is 4.02. The van der Waals surface area contributed by atoms with E-state index in [9.17, 15) is 15.0 Å². The van der Waals surface area contributed by atoms with Gasteiger partial charge in [0, 0.05) is 0 Å². The Hall–Kier alpha value is -2.29. The van der Waals surface area contributed by atoms with E-state index < -0.39 is 5.97 Å². The van der Waals surface area contributed by atoms with Crippen molar-refractivity contribution < 1.29 is 15.0 Å². The second-order valence-corrected chi connectivity index (χ2v) is 5.36. The van der Waals surface area contributed by atoms with E-state index >= 15 is 0 Å². The average molecular weight is 284 g/mol. The molecule has 3 nitrogen and oxygen atoms in total. The normalized spacial score (nSPS) is 12.1. The third kappa shape index (κ3) is 3.43. The summed E-state index contributed by atoms with van der Waals surface area (Å²) in [5.74, 6) is -1.07. The molecule has 0 saturated carbocycles. The first-order valence-electron chi connectivity index (χ1n) is 7.16. The number of rotatable bonds is 5. The number of benzene rings is 2. The standard InChI is InChI=1S/C18H20O3/c1-3-12(2)15-10-14(9-13-7-5-4-6-8-13)11-16(17(15)19)18(20)21/h4-8,10-12,19H,3,9H2,1-2H3,(H,20,21). The Morgan fingerprint density at radius 1 is 1.14 bits per heavy atom. The van der Waals surface area contributed by atoms with Crippen LogP contribution in [0.1, 0.15) is 53.2 Å². The van der Waals surface area contributed by atoms with Gasteiger partial charge in [0.1, 0.15) is 11.3 Å². The molecule has 0 spiro atoms. The Morgan fingerprint density at radius 3 is 2.38 bits per heavy atom. The lowest BCUT2D eigenvalue weighted by Crippen LogP contribution is -2.04. The molecule has 110 valence electrons. The van der Waals surface area contributed by atoms with Crippen molar-refractivity contribution in [2.24, 2.45) is 0 Å². The van der Waals surface area contributed by atoms with Crippen molar-refractivity contribution >= 4 is 5.97 Å². The molecule has 0 amide bonds. The van der Waals surface area contributed by atoms with Crippen LogP contribution in [0.2, 0.25) is 0 Å². The van der Waals surface area contributed by atoms with Crippen molar-refractivity contribution in [2.45, 2.75) is 32.6 Å². The van der Waals surface area contributed by atoms with Crippen molar-refractivity contribution in [2.75, 3.05) is 0 Å². The molecule has 2 aromatic rings. The number of carbonyl (C=O) groups is 1. The summed E-state index contributed by atoms with van der Waals surface area (Å²) >= 11 is 0. The number of phenols is 1. The summed E-state index contributed by atoms with van der Waals surface area (Å²) in [7, 11) is 0. The number of aromatic hydroxyl groups is 1. The lowest BCUT2D eigenvalue weighted by Gasteiger charge is -2.15. The van der Waals surface area contributed by atoms with Gasteiger partial charge in [-0.2, -0.15) is 0 Å². The minimum absolute atomic E-state index is 0.0151. The first kappa shape index (κ1) is 15.1. The molecule has 0 fully saturated rings. The second-order valence-electron chi connectivity index (χ2n) is 5.36. The predicted octanol–water partition coefficient (Wildman–Crippen LogP) is 4.19. The number of carboxylic acid groups (broad SMARTS) is 1. The monoisotopic (exact) mass is 284 g/mol. The number of hydrogen-bond donors (Lipinski definition) is 2. The molecule has 0 heterocycles. The molecule has 0 aliphatic heterocycles. The zero-order valence-corrected chi connectivity index (χ0v) is 12.3. The molecule has 2 aromatic carbocycles. The van der Waals surface area contributed by atoms with Crippen LogP contribution in [0.15, 0.2) is 42.5 Å². The van der Waals surface area contributed by atoms with Crippen LogP contribution in [0.4, 0.5) is 0 Å². The van der Waals surface area contributed by atoms with Gasteiger partial charge in [0.05, 0.1) is 0 Å². The number of aromatic carboxylic acids is 1. The van der Waals surface area contributed by atoms with Crippen molar-refractivity contribution in [1.82, 2.24) is 0 Å². The minimum atomic E-state index is -1.09. The molecule has 0 bridgehead atoms. The predicted molar refractivity (Wildman–Crippen MR) is 83.0 cm³/mol. The fourth-order valence-corrected chi connectivity index (χ4v) is 2.41. The van der Waals surface area contributed by atoms with E-state index in [0.717, 1.165) is 17.5 Å². The Balaban J connectivity index is 2.46. The van der Waals surface area contributed by atoms with Crippen LogP contribution in [0.3, 0.4) is 0 Å². The molecule has 2 rings (SSSR count). The van der Waals surface area contributed by atoms with E-state index in [-0.39, 0.29) is 17.2 Å². The molecule has 1 atom stereocenters. The van der Waals surface area contributed by atoms with E-state index in [4.69, 9.17) is 0 Å². The van der Waals surface area contributed by atoms with E-state index in [1.54, 1.807) is 6.07 Å². The van der Waals surface area contributed by atoms with Crippen molar-refractivity contribution in [3.8, 4) is 5.75 Å². The lowest BCUT2D eigenvalue weighted by molar-refractivity contribution is 0.0693. The molecular weight excluding hydrogens is 264 g/mol. The van der Waals surface area contributed by atoms with Gasteiger partial charge in [0.2, 0.25) is 0 Å². The molecule has 0 radical (unpaired) electrons. The quantitative estimate of drug-likeness (QED) is 0.865. The van der Waals surface area contributed by atoms with E-state index in [1.165, 1.54) is 0 Å². The van der Waals surface area contributed by atoms with Crippen molar-refractivity contribution in [1.29, 1.82) is 0 Å². The Kier molecular flexibility index (Phi) is 4.63. The summed E-state index contributed by atoms with van der Waals surface area (Å²) in [5.41, 5.74) is 2.73. The van der Waals surface area contributed by atoms with Crippen LogP contribution in [0.25, 0.3) is 0 Å². The van der Waals surface area contributed by atoms with Gasteiger partial charge in [-0.05, 0) is 41.5 Å². The topological polar surface area (TPSA) is 57.5 Å². The highest BCUT2D eigenvalue weighted by atomic mass is 16.4. The highest BCUT2D eigenvalue weighted by Crippen LogP contribution is 2.33. The van der Waals surface area contributed by atoms with E-state index in [2.05, 4.69) is 0 Å². The molecule has 3 heteroatoms. The van der Waals surface area contributed by atoms with Gasteiger partial charge in [-0.3, -0.25) is 0 Å². The van der Waals surface area contributed by atoms with Gasteiger partial charge in [-0.1, -0.05) is 50.2 Å². The third-order valence-corrected chi connectivity index (χ3v) is 3.82. The fourth-order valence-electron chi connectivity index (χ4n) is 2.41. The van der Waals surface area contributed by atoms with E-state index in [0.29, 0.717) is 12.0 Å². The van der Waals surface area contributed by atoms with Crippen LogP contribution in [0, 0.1) is 0 Å². The largest absolute Gasteiger partial charge is 0.507 e. The second kappa shape index (κ2) is 6.44. The van der Waals surface area contributed by atoms with Crippen LogP contribution < -0.4 is 0 Å². The minimum Gasteiger partial charge on any atom is -0.507 e. The summed E-state index contributed by atoms with van der Waals surface area (Å²) in [6.07, 6.45) is 1.51. The van der Waals surface area contributed by atoms with Crippen LogP contribution in [-0.4, -0.2) is 16.2 Å². The Labute approximate surface area is 124 Å². The molecule has 2 N–H and O–H groups in total. The van der Waals surface area contributed by atoms with Crippen LogP contribution in [-0.2, 0) is 6.42 Å². The van der Waals surface area contributed by atoms with Gasteiger partial charge in [-0.15, -0.1) is 0 Å². The van der Waals surface area contributed by atoms with Crippen LogP contribution >= 0.6 is 0 Å². The van der Waals surface area contributed by atoms with Gasteiger partial charge in [0.15, 0.2) is 0 Å². The molecule has 21 heavy (non-hydrogen) atoms. The third-order valence-electron chi connectivity index (χ3n) is 3.82. The average Bonchev–Trinajstić information content (AvgIpc) is 2.48.